The van der Waals surface area contributed by atoms with Crippen molar-refractivity contribution in [2.24, 2.45) is 5.73 Å². The Hall–Kier alpha value is -1.41. The molecule has 0 radical (unpaired) electrons. The van der Waals surface area contributed by atoms with Crippen LogP contribution in [0.25, 0.3) is 10.8 Å². The number of nitrogens with zero attached hydrogens (tertiary/aromatic N) is 1. The number of hydrogen-bond acceptors (Lipinski definition) is 5. The van der Waals surface area contributed by atoms with E-state index in [1.807, 2.05) is 36.4 Å². The minimum atomic E-state index is -0.183. The molecule has 4 N–H and O–H groups in total. The molecule has 0 fully saturated rings. The van der Waals surface area contributed by atoms with Gasteiger partial charge in [0.1, 0.15) is 0 Å². The van der Waals surface area contributed by atoms with Gasteiger partial charge in [-0.3, -0.25) is 14.5 Å². The Morgan fingerprint density at radius 1 is 0.710 bits per heavy atom. The van der Waals surface area contributed by atoms with E-state index in [-0.39, 0.29) is 49.0 Å². The van der Waals surface area contributed by atoms with Gasteiger partial charge in [-0.15, -0.1) is 37.2 Å². The molecule has 0 atom stereocenters. The quantitative estimate of drug-likeness (QED) is 0.313. The third-order valence-electron chi connectivity index (χ3n) is 5.11. The molecule has 1 aliphatic heterocycles. The second-order valence-corrected chi connectivity index (χ2v) is 7.17. The molecule has 31 heavy (non-hydrogen) atoms. The molecule has 0 saturated carbocycles. The van der Waals surface area contributed by atoms with Gasteiger partial charge in [-0.2, -0.15) is 0 Å². The van der Waals surface area contributed by atoms with E-state index in [0.29, 0.717) is 17.7 Å². The first-order valence-corrected chi connectivity index (χ1v) is 10.2. The smallest absolute Gasteiger partial charge is 0.261 e. The van der Waals surface area contributed by atoms with Crippen LogP contribution < -0.4 is 16.4 Å². The molecule has 0 aromatic heterocycles. The second-order valence-electron chi connectivity index (χ2n) is 7.17. The van der Waals surface area contributed by atoms with Crippen LogP contribution in [0, 0.1) is 0 Å². The minimum absolute atomic E-state index is 0. The number of halogens is 3. The summed E-state index contributed by atoms with van der Waals surface area (Å²) >= 11 is 0. The molecule has 0 saturated heterocycles. The van der Waals surface area contributed by atoms with Gasteiger partial charge in [-0.05, 0) is 75.9 Å². The van der Waals surface area contributed by atoms with Crippen molar-refractivity contribution in [2.75, 3.05) is 39.3 Å². The van der Waals surface area contributed by atoms with E-state index in [0.717, 1.165) is 69.2 Å². The fraction of sp³-hybridized carbons (Fsp3) is 0.455. The van der Waals surface area contributed by atoms with Crippen LogP contribution in [-0.4, -0.2) is 56.0 Å². The van der Waals surface area contributed by atoms with Crippen molar-refractivity contribution >= 4 is 59.8 Å². The molecule has 0 aliphatic carbocycles. The zero-order valence-corrected chi connectivity index (χ0v) is 20.1. The van der Waals surface area contributed by atoms with Crippen molar-refractivity contribution in [1.82, 2.24) is 15.5 Å². The van der Waals surface area contributed by atoms with Crippen LogP contribution >= 0.6 is 37.2 Å². The first-order valence-electron chi connectivity index (χ1n) is 10.2. The van der Waals surface area contributed by atoms with E-state index in [1.54, 1.807) is 0 Å². The van der Waals surface area contributed by atoms with Crippen LogP contribution in [0.5, 0.6) is 0 Å². The predicted octanol–water partition coefficient (Wildman–Crippen LogP) is 3.40. The third kappa shape index (κ3) is 7.59. The van der Waals surface area contributed by atoms with Crippen LogP contribution in [0.15, 0.2) is 36.4 Å². The zero-order chi connectivity index (χ0) is 19.8. The number of rotatable bonds is 12. The van der Waals surface area contributed by atoms with Gasteiger partial charge in [0, 0.05) is 23.1 Å². The molecule has 0 unspecified atom stereocenters. The SMILES string of the molecule is Cl.Cl.Cl.NCCCNCCCCNCCCN1C(=O)c2cccc3cccc(c23)C1=O. The number of carbonyl (C=O) groups is 2. The van der Waals surface area contributed by atoms with Crippen molar-refractivity contribution < 1.29 is 9.59 Å². The molecule has 9 heteroatoms. The normalized spacial score (nSPS) is 12.2. The lowest BCUT2D eigenvalue weighted by Crippen LogP contribution is -2.41. The Morgan fingerprint density at radius 2 is 1.19 bits per heavy atom. The summed E-state index contributed by atoms with van der Waals surface area (Å²) < 4.78 is 0. The van der Waals surface area contributed by atoms with Crippen LogP contribution in [-0.2, 0) is 0 Å². The van der Waals surface area contributed by atoms with E-state index in [2.05, 4.69) is 10.6 Å². The molecular formula is C22H33Cl3N4O2. The Kier molecular flexibility index (Phi) is 14.7. The van der Waals surface area contributed by atoms with Gasteiger partial charge in [-0.25, -0.2) is 0 Å². The van der Waals surface area contributed by atoms with Crippen molar-refractivity contribution in [2.45, 2.75) is 25.7 Å². The lowest BCUT2D eigenvalue weighted by Gasteiger charge is -2.27. The van der Waals surface area contributed by atoms with Gasteiger partial charge in [-0.1, -0.05) is 24.3 Å². The number of hydrogen-bond donors (Lipinski definition) is 3. The predicted molar refractivity (Wildman–Crippen MR) is 134 cm³/mol. The van der Waals surface area contributed by atoms with E-state index >= 15 is 0 Å². The van der Waals surface area contributed by atoms with Crippen molar-refractivity contribution in [3.63, 3.8) is 0 Å². The number of amides is 2. The Labute approximate surface area is 202 Å². The maximum atomic E-state index is 12.8. The first-order chi connectivity index (χ1) is 13.7. The lowest BCUT2D eigenvalue weighted by atomic mass is 9.94. The highest BCUT2D eigenvalue weighted by atomic mass is 35.5. The van der Waals surface area contributed by atoms with Crippen molar-refractivity contribution in [1.29, 1.82) is 0 Å². The van der Waals surface area contributed by atoms with Gasteiger partial charge in [0.2, 0.25) is 0 Å². The fourth-order valence-corrected chi connectivity index (χ4v) is 3.62. The molecular weight excluding hydrogens is 459 g/mol. The first kappa shape index (κ1) is 29.6. The number of benzene rings is 2. The molecule has 3 rings (SSSR count). The van der Waals surface area contributed by atoms with Crippen molar-refractivity contribution in [3.05, 3.63) is 47.5 Å². The molecule has 174 valence electrons. The third-order valence-corrected chi connectivity index (χ3v) is 5.11. The summed E-state index contributed by atoms with van der Waals surface area (Å²) in [5.74, 6) is -0.365. The van der Waals surface area contributed by atoms with Crippen LogP contribution in [0.2, 0.25) is 0 Å². The molecule has 2 aromatic rings. The average molecular weight is 492 g/mol. The van der Waals surface area contributed by atoms with Gasteiger partial charge in [0.25, 0.3) is 11.8 Å². The summed E-state index contributed by atoms with van der Waals surface area (Å²) in [5.41, 5.74) is 6.71. The average Bonchev–Trinajstić information content (AvgIpc) is 2.72. The summed E-state index contributed by atoms with van der Waals surface area (Å²) in [6.45, 7) is 4.92. The monoisotopic (exact) mass is 490 g/mol. The van der Waals surface area contributed by atoms with Crippen LogP contribution in [0.1, 0.15) is 46.4 Å². The summed E-state index contributed by atoms with van der Waals surface area (Å²) in [6.07, 6.45) is 4.00. The van der Waals surface area contributed by atoms with Crippen LogP contribution in [0.3, 0.4) is 0 Å². The molecule has 2 aromatic carbocycles. The van der Waals surface area contributed by atoms with Crippen molar-refractivity contribution in [3.8, 4) is 0 Å². The Balaban J connectivity index is 0.00000300. The molecule has 1 heterocycles. The van der Waals surface area contributed by atoms with E-state index in [1.165, 1.54) is 4.90 Å². The fourth-order valence-electron chi connectivity index (χ4n) is 3.62. The Morgan fingerprint density at radius 3 is 1.71 bits per heavy atom. The van der Waals surface area contributed by atoms with Gasteiger partial charge in [0.15, 0.2) is 0 Å². The summed E-state index contributed by atoms with van der Waals surface area (Å²) in [7, 11) is 0. The maximum absolute atomic E-state index is 12.8. The topological polar surface area (TPSA) is 87.5 Å². The van der Waals surface area contributed by atoms with E-state index in [9.17, 15) is 9.59 Å². The number of nitrogens with one attached hydrogen (secondary N) is 2. The number of unbranched alkanes of at least 4 members (excludes halogenated alkanes) is 1. The standard InChI is InChI=1S/C22H30N4O2.3ClH/c23-11-5-14-24-12-1-2-13-25-15-6-16-26-21(27)18-9-3-7-17-8-4-10-19(20(17)18)22(26)28;;;/h3-4,7-10,24-25H,1-2,5-6,11-16,23H2;3*1H. The second kappa shape index (κ2) is 15.4. The highest BCUT2D eigenvalue weighted by Crippen LogP contribution is 2.29. The Bertz CT molecular complexity index is 785. The summed E-state index contributed by atoms with van der Waals surface area (Å²) in [5, 5.41) is 8.49. The number of nitrogens with two attached hydrogens (primary N) is 1. The largest absolute Gasteiger partial charge is 0.330 e. The molecule has 1 aliphatic rings. The zero-order valence-electron chi connectivity index (χ0n) is 17.6. The lowest BCUT2D eigenvalue weighted by molar-refractivity contribution is 0.0609. The highest BCUT2D eigenvalue weighted by Gasteiger charge is 2.31. The summed E-state index contributed by atoms with van der Waals surface area (Å²) in [4.78, 5) is 27.0. The van der Waals surface area contributed by atoms with Gasteiger partial charge < -0.3 is 16.4 Å². The molecule has 6 nitrogen and oxygen atoms in total. The van der Waals surface area contributed by atoms with E-state index in [4.69, 9.17) is 5.73 Å². The van der Waals surface area contributed by atoms with E-state index < -0.39 is 0 Å². The van der Waals surface area contributed by atoms with Gasteiger partial charge in [0.05, 0.1) is 0 Å². The molecule has 0 spiro atoms. The number of imide groups is 1. The van der Waals surface area contributed by atoms with Gasteiger partial charge >= 0.3 is 0 Å². The minimum Gasteiger partial charge on any atom is -0.330 e. The van der Waals surface area contributed by atoms with Crippen LogP contribution in [0.4, 0.5) is 0 Å². The highest BCUT2D eigenvalue weighted by molar-refractivity contribution is 6.25. The summed E-state index contributed by atoms with van der Waals surface area (Å²) in [6, 6.07) is 11.3. The number of carbonyl (C=O) groups excluding carboxylic acids is 2. The molecule has 2 amide bonds. The maximum Gasteiger partial charge on any atom is 0.261 e. The molecule has 0 bridgehead atoms.